The van der Waals surface area contributed by atoms with Gasteiger partial charge in [-0.15, -0.1) is 11.3 Å². The molecule has 6 nitrogen and oxygen atoms in total. The predicted molar refractivity (Wildman–Crippen MR) is 140 cm³/mol. The zero-order valence-corrected chi connectivity index (χ0v) is 21.2. The molecule has 1 atom stereocenters. The van der Waals surface area contributed by atoms with Crippen LogP contribution in [-0.2, 0) is 22.6 Å². The second-order valence-corrected chi connectivity index (χ2v) is 10.1. The molecule has 0 aliphatic carbocycles. The summed E-state index contributed by atoms with van der Waals surface area (Å²) in [6, 6.07) is 19.4. The Morgan fingerprint density at radius 2 is 1.77 bits per heavy atom. The molecule has 2 heterocycles. The Kier molecular flexibility index (Phi) is 8.55. The second-order valence-electron chi connectivity index (χ2n) is 9.07. The summed E-state index contributed by atoms with van der Waals surface area (Å²) in [5.74, 6) is -0.0845. The van der Waals surface area contributed by atoms with E-state index in [1.165, 1.54) is 5.56 Å². The fourth-order valence-corrected chi connectivity index (χ4v) is 5.05. The highest BCUT2D eigenvalue weighted by Gasteiger charge is 2.27. The largest absolute Gasteiger partial charge is 0.376 e. The van der Waals surface area contributed by atoms with E-state index in [0.717, 1.165) is 28.8 Å². The third kappa shape index (κ3) is 7.16. The maximum atomic E-state index is 13.6. The van der Waals surface area contributed by atoms with Crippen molar-refractivity contribution in [2.24, 2.45) is 0 Å². The molecule has 1 saturated heterocycles. The first kappa shape index (κ1) is 24.9. The number of anilines is 1. The number of aryl methyl sites for hydroxylation is 2. The molecule has 0 radical (unpaired) electrons. The summed E-state index contributed by atoms with van der Waals surface area (Å²) in [4.78, 5) is 31.5. The summed E-state index contributed by atoms with van der Waals surface area (Å²) in [6.07, 6.45) is 1.82. The van der Waals surface area contributed by atoms with Gasteiger partial charge in [0.2, 0.25) is 5.91 Å². The van der Waals surface area contributed by atoms with Crippen LogP contribution >= 0.6 is 11.3 Å². The molecule has 4 rings (SSSR count). The first-order valence-corrected chi connectivity index (χ1v) is 12.9. The van der Waals surface area contributed by atoms with Crippen LogP contribution in [0.4, 0.5) is 10.5 Å². The monoisotopic (exact) mass is 491 g/mol. The molecule has 1 aromatic heterocycles. The zero-order chi connectivity index (χ0) is 24.6. The number of thiophene rings is 1. The van der Waals surface area contributed by atoms with Crippen molar-refractivity contribution < 1.29 is 14.3 Å². The van der Waals surface area contributed by atoms with E-state index in [1.807, 2.05) is 66.4 Å². The van der Waals surface area contributed by atoms with E-state index in [1.54, 1.807) is 16.2 Å². The molecular formula is C28H33N3O3S. The van der Waals surface area contributed by atoms with E-state index in [2.05, 4.69) is 23.7 Å². The number of nitrogens with zero attached hydrogens (tertiary/aromatic N) is 2. The average Bonchev–Trinajstić information content (AvgIpc) is 3.52. The SMILES string of the molecule is Cc1ccc(NC(=O)N(CC(=O)N(Cc2ccccc2)Cc2sccc2C)CC2CCCO2)cc1. The van der Waals surface area contributed by atoms with E-state index in [-0.39, 0.29) is 24.6 Å². The number of hydrogen-bond acceptors (Lipinski definition) is 4. The molecule has 3 aromatic rings. The number of rotatable bonds is 9. The van der Waals surface area contributed by atoms with Gasteiger partial charge in [-0.2, -0.15) is 0 Å². The van der Waals surface area contributed by atoms with Crippen LogP contribution in [0.15, 0.2) is 66.0 Å². The molecule has 1 unspecified atom stereocenters. The van der Waals surface area contributed by atoms with Crippen LogP contribution < -0.4 is 5.32 Å². The lowest BCUT2D eigenvalue weighted by Crippen LogP contribution is -2.46. The van der Waals surface area contributed by atoms with Crippen LogP contribution in [0.1, 0.15) is 34.4 Å². The summed E-state index contributed by atoms with van der Waals surface area (Å²) < 4.78 is 5.79. The summed E-state index contributed by atoms with van der Waals surface area (Å²) >= 11 is 1.65. The van der Waals surface area contributed by atoms with Crippen molar-refractivity contribution in [3.8, 4) is 0 Å². The molecule has 3 amide bonds. The standard InChI is InChI=1S/C28H33N3O3S/c1-21-10-12-24(13-11-21)29-28(33)31(18-25-9-6-15-34-25)20-27(32)30(17-23-7-4-3-5-8-23)19-26-22(2)14-16-35-26/h3-5,7-8,10-14,16,25H,6,9,15,17-20H2,1-2H3,(H,29,33). The van der Waals surface area contributed by atoms with Gasteiger partial charge in [-0.3, -0.25) is 4.79 Å². The van der Waals surface area contributed by atoms with Gasteiger partial charge >= 0.3 is 6.03 Å². The van der Waals surface area contributed by atoms with Crippen LogP contribution in [0.25, 0.3) is 0 Å². The predicted octanol–water partition coefficient (Wildman–Crippen LogP) is 5.61. The van der Waals surface area contributed by atoms with Gasteiger partial charge in [0.1, 0.15) is 6.54 Å². The zero-order valence-electron chi connectivity index (χ0n) is 20.4. The Labute approximate surface area is 211 Å². The number of nitrogens with one attached hydrogen (secondary N) is 1. The van der Waals surface area contributed by atoms with E-state index in [9.17, 15) is 9.59 Å². The molecule has 184 valence electrons. The summed E-state index contributed by atoms with van der Waals surface area (Å²) in [6.45, 7) is 6.16. The number of amides is 3. The number of urea groups is 1. The first-order chi connectivity index (χ1) is 17.0. The van der Waals surface area contributed by atoms with Crippen molar-refractivity contribution in [3.05, 3.63) is 87.6 Å². The lowest BCUT2D eigenvalue weighted by Gasteiger charge is -2.29. The first-order valence-electron chi connectivity index (χ1n) is 12.1. The third-order valence-electron chi connectivity index (χ3n) is 6.24. The van der Waals surface area contributed by atoms with Crippen molar-refractivity contribution in [1.29, 1.82) is 0 Å². The fraction of sp³-hybridized carbons (Fsp3) is 0.357. The minimum absolute atomic E-state index is 0.00515. The smallest absolute Gasteiger partial charge is 0.322 e. The van der Waals surface area contributed by atoms with E-state index >= 15 is 0 Å². The number of carbonyl (C=O) groups is 2. The minimum Gasteiger partial charge on any atom is -0.376 e. The quantitative estimate of drug-likeness (QED) is 0.423. The van der Waals surface area contributed by atoms with Gasteiger partial charge in [-0.05, 0) is 61.4 Å². The molecule has 1 aliphatic heterocycles. The number of hydrogen-bond donors (Lipinski definition) is 1. The lowest BCUT2D eigenvalue weighted by molar-refractivity contribution is -0.133. The molecule has 1 aliphatic rings. The maximum absolute atomic E-state index is 13.6. The van der Waals surface area contributed by atoms with Crippen molar-refractivity contribution in [2.45, 2.75) is 45.9 Å². The van der Waals surface area contributed by atoms with Crippen molar-refractivity contribution >= 4 is 29.0 Å². The van der Waals surface area contributed by atoms with Crippen LogP contribution in [0.2, 0.25) is 0 Å². The fourth-order valence-electron chi connectivity index (χ4n) is 4.13. The highest BCUT2D eigenvalue weighted by molar-refractivity contribution is 7.10. The van der Waals surface area contributed by atoms with Crippen LogP contribution in [0.3, 0.4) is 0 Å². The highest BCUT2D eigenvalue weighted by Crippen LogP contribution is 2.21. The van der Waals surface area contributed by atoms with Gasteiger partial charge in [0.25, 0.3) is 0 Å². The van der Waals surface area contributed by atoms with Gasteiger partial charge in [0, 0.05) is 30.3 Å². The molecule has 0 bridgehead atoms. The molecule has 35 heavy (non-hydrogen) atoms. The van der Waals surface area contributed by atoms with E-state index in [4.69, 9.17) is 4.74 Å². The normalized spacial score (nSPS) is 15.1. The summed E-state index contributed by atoms with van der Waals surface area (Å²) in [5, 5.41) is 5.00. The Bertz CT molecular complexity index is 1110. The maximum Gasteiger partial charge on any atom is 0.322 e. The Hall–Kier alpha value is -3.16. The van der Waals surface area contributed by atoms with E-state index < -0.39 is 0 Å². The average molecular weight is 492 g/mol. The van der Waals surface area contributed by atoms with Crippen LogP contribution in [-0.4, -0.2) is 47.5 Å². The Balaban J connectivity index is 1.51. The molecular weight excluding hydrogens is 458 g/mol. The molecule has 2 aromatic carbocycles. The summed E-state index contributed by atoms with van der Waals surface area (Å²) in [5.41, 5.74) is 4.06. The molecule has 0 saturated carbocycles. The number of ether oxygens (including phenoxy) is 1. The topological polar surface area (TPSA) is 61.9 Å². The van der Waals surface area contributed by atoms with Gasteiger partial charge in [0.05, 0.1) is 12.6 Å². The lowest BCUT2D eigenvalue weighted by atomic mass is 10.2. The van der Waals surface area contributed by atoms with Crippen LogP contribution in [0.5, 0.6) is 0 Å². The van der Waals surface area contributed by atoms with E-state index in [0.29, 0.717) is 31.9 Å². The molecule has 0 spiro atoms. The summed E-state index contributed by atoms with van der Waals surface area (Å²) in [7, 11) is 0. The Morgan fingerprint density at radius 3 is 2.43 bits per heavy atom. The van der Waals surface area contributed by atoms with Gasteiger partial charge < -0.3 is 19.9 Å². The minimum atomic E-state index is -0.287. The molecule has 1 N–H and O–H groups in total. The number of benzene rings is 2. The Morgan fingerprint density at radius 1 is 1.00 bits per heavy atom. The van der Waals surface area contributed by atoms with Gasteiger partial charge in [0.15, 0.2) is 0 Å². The van der Waals surface area contributed by atoms with Crippen molar-refractivity contribution in [1.82, 2.24) is 9.80 Å². The number of carbonyl (C=O) groups excluding carboxylic acids is 2. The highest BCUT2D eigenvalue weighted by atomic mass is 32.1. The molecule has 7 heteroatoms. The van der Waals surface area contributed by atoms with Gasteiger partial charge in [-0.25, -0.2) is 4.79 Å². The van der Waals surface area contributed by atoms with Crippen LogP contribution in [0, 0.1) is 13.8 Å². The molecule has 1 fully saturated rings. The second kappa shape index (κ2) is 12.0. The van der Waals surface area contributed by atoms with Crippen molar-refractivity contribution in [2.75, 3.05) is 25.0 Å². The third-order valence-corrected chi connectivity index (χ3v) is 7.24. The van der Waals surface area contributed by atoms with Crippen molar-refractivity contribution in [3.63, 3.8) is 0 Å². The van der Waals surface area contributed by atoms with Gasteiger partial charge in [-0.1, -0.05) is 48.0 Å².